The molecule has 0 saturated heterocycles. The number of ketones is 1. The van der Waals surface area contributed by atoms with Crippen molar-refractivity contribution in [2.45, 2.75) is 25.8 Å². The molecule has 1 unspecified atom stereocenters. The largest absolute Gasteiger partial charge is 0.508 e. The first-order valence-corrected chi connectivity index (χ1v) is 5.72. The lowest BCUT2D eigenvalue weighted by Gasteiger charge is -2.14. The number of carboxylic acid groups (broad SMARTS) is 1. The van der Waals surface area contributed by atoms with Gasteiger partial charge in [0.2, 0.25) is 0 Å². The number of Topliss-reactive ketones (excluding diaryl/α,β-unsaturated/α-hetero) is 1. The minimum absolute atomic E-state index is 0.0243. The molecule has 5 heteroatoms. The van der Waals surface area contributed by atoms with Crippen molar-refractivity contribution < 1.29 is 19.8 Å². The van der Waals surface area contributed by atoms with Crippen molar-refractivity contribution in [1.82, 2.24) is 5.32 Å². The van der Waals surface area contributed by atoms with Crippen molar-refractivity contribution >= 4 is 11.8 Å². The van der Waals surface area contributed by atoms with Crippen LogP contribution in [-0.4, -0.2) is 34.6 Å². The van der Waals surface area contributed by atoms with Crippen molar-refractivity contribution in [3.8, 4) is 5.75 Å². The van der Waals surface area contributed by atoms with Gasteiger partial charge in [0.1, 0.15) is 17.6 Å². The van der Waals surface area contributed by atoms with Crippen LogP contribution in [0.5, 0.6) is 5.75 Å². The first-order chi connectivity index (χ1) is 8.49. The van der Waals surface area contributed by atoms with Crippen LogP contribution in [0.25, 0.3) is 0 Å². The molecule has 0 aliphatic rings. The van der Waals surface area contributed by atoms with Gasteiger partial charge in [0.15, 0.2) is 0 Å². The van der Waals surface area contributed by atoms with Gasteiger partial charge in [0.05, 0.1) is 0 Å². The third-order valence-electron chi connectivity index (χ3n) is 2.54. The maximum Gasteiger partial charge on any atom is 0.321 e. The van der Waals surface area contributed by atoms with Gasteiger partial charge in [-0.2, -0.15) is 0 Å². The number of hydrogen-bond acceptors (Lipinski definition) is 4. The summed E-state index contributed by atoms with van der Waals surface area (Å²) in [6.07, 6.45) is 0.632. The highest BCUT2D eigenvalue weighted by Gasteiger charge is 2.17. The van der Waals surface area contributed by atoms with Gasteiger partial charge in [-0.05, 0) is 31.0 Å². The summed E-state index contributed by atoms with van der Waals surface area (Å²) in [6, 6.07) is 5.66. The third-order valence-corrected chi connectivity index (χ3v) is 2.54. The zero-order valence-electron chi connectivity index (χ0n) is 10.2. The molecule has 0 amide bonds. The molecule has 18 heavy (non-hydrogen) atoms. The second kappa shape index (κ2) is 6.76. The average Bonchev–Trinajstić information content (AvgIpc) is 2.30. The van der Waals surface area contributed by atoms with E-state index < -0.39 is 12.0 Å². The van der Waals surface area contributed by atoms with Crippen LogP contribution in [0.4, 0.5) is 0 Å². The number of nitrogens with one attached hydrogen (secondary N) is 1. The predicted molar refractivity (Wildman–Crippen MR) is 66.5 cm³/mol. The highest BCUT2D eigenvalue weighted by molar-refractivity contribution is 5.76. The van der Waals surface area contributed by atoms with Gasteiger partial charge in [0.25, 0.3) is 0 Å². The first kappa shape index (κ1) is 14.2. The summed E-state index contributed by atoms with van der Waals surface area (Å²) in [5.74, 6) is -0.780. The number of aromatic hydroxyl groups is 1. The van der Waals surface area contributed by atoms with Crippen LogP contribution in [0.2, 0.25) is 0 Å². The lowest BCUT2D eigenvalue weighted by Crippen LogP contribution is -2.39. The summed E-state index contributed by atoms with van der Waals surface area (Å²) in [6.45, 7) is 1.82. The Morgan fingerprint density at radius 1 is 1.28 bits per heavy atom. The molecule has 1 aromatic rings. The molecule has 1 atom stereocenters. The SMILES string of the molecule is CC(=O)CCNC(Cc1ccc(O)cc1)C(=O)O. The highest BCUT2D eigenvalue weighted by atomic mass is 16.4. The van der Waals surface area contributed by atoms with Gasteiger partial charge in [-0.1, -0.05) is 12.1 Å². The summed E-state index contributed by atoms with van der Waals surface area (Å²) in [4.78, 5) is 21.8. The summed E-state index contributed by atoms with van der Waals surface area (Å²) < 4.78 is 0. The Morgan fingerprint density at radius 2 is 1.89 bits per heavy atom. The van der Waals surface area contributed by atoms with Crippen molar-refractivity contribution in [3.63, 3.8) is 0 Å². The summed E-state index contributed by atoms with van der Waals surface area (Å²) in [7, 11) is 0. The van der Waals surface area contributed by atoms with Crippen LogP contribution >= 0.6 is 0 Å². The molecular weight excluding hydrogens is 234 g/mol. The lowest BCUT2D eigenvalue weighted by atomic mass is 10.1. The number of carbonyl (C=O) groups excluding carboxylic acids is 1. The van der Waals surface area contributed by atoms with Crippen molar-refractivity contribution in [1.29, 1.82) is 0 Å². The fourth-order valence-corrected chi connectivity index (χ4v) is 1.54. The van der Waals surface area contributed by atoms with Crippen molar-refractivity contribution in [2.24, 2.45) is 0 Å². The van der Waals surface area contributed by atoms with Crippen LogP contribution in [0.1, 0.15) is 18.9 Å². The van der Waals surface area contributed by atoms with Gasteiger partial charge in [-0.15, -0.1) is 0 Å². The number of phenolic OH excluding ortho intramolecular Hbond substituents is 1. The average molecular weight is 251 g/mol. The van der Waals surface area contributed by atoms with E-state index in [4.69, 9.17) is 10.2 Å². The molecule has 3 N–H and O–H groups in total. The van der Waals surface area contributed by atoms with E-state index in [0.29, 0.717) is 19.4 Å². The van der Waals surface area contributed by atoms with Gasteiger partial charge < -0.3 is 15.5 Å². The zero-order valence-corrected chi connectivity index (χ0v) is 10.2. The Hall–Kier alpha value is -1.88. The van der Waals surface area contributed by atoms with E-state index >= 15 is 0 Å². The van der Waals surface area contributed by atoms with E-state index in [1.165, 1.54) is 19.1 Å². The Kier molecular flexibility index (Phi) is 5.32. The molecule has 0 spiro atoms. The number of phenols is 1. The molecule has 0 saturated carbocycles. The maximum absolute atomic E-state index is 11.0. The number of rotatable bonds is 7. The lowest BCUT2D eigenvalue weighted by molar-refractivity contribution is -0.139. The molecule has 1 rings (SSSR count). The third kappa shape index (κ3) is 4.97. The van der Waals surface area contributed by atoms with Gasteiger partial charge >= 0.3 is 5.97 Å². The van der Waals surface area contributed by atoms with Crippen LogP contribution in [-0.2, 0) is 16.0 Å². The topological polar surface area (TPSA) is 86.6 Å². The molecular formula is C13H17NO4. The highest BCUT2D eigenvalue weighted by Crippen LogP contribution is 2.11. The van der Waals surface area contributed by atoms with Crippen molar-refractivity contribution in [2.75, 3.05) is 6.54 Å². The Bertz CT molecular complexity index is 414. The van der Waals surface area contributed by atoms with E-state index in [1.807, 2.05) is 0 Å². The number of aliphatic carboxylic acids is 1. The fourth-order valence-electron chi connectivity index (χ4n) is 1.54. The Morgan fingerprint density at radius 3 is 2.39 bits per heavy atom. The van der Waals surface area contributed by atoms with E-state index in [1.54, 1.807) is 12.1 Å². The molecule has 98 valence electrons. The van der Waals surface area contributed by atoms with Crippen LogP contribution in [0.15, 0.2) is 24.3 Å². The zero-order chi connectivity index (χ0) is 13.5. The first-order valence-electron chi connectivity index (χ1n) is 5.72. The van der Waals surface area contributed by atoms with Crippen LogP contribution < -0.4 is 5.32 Å². The van der Waals surface area contributed by atoms with Gasteiger partial charge in [-0.3, -0.25) is 9.59 Å². The summed E-state index contributed by atoms with van der Waals surface area (Å²) in [5, 5.41) is 21.0. The molecule has 0 fully saturated rings. The summed E-state index contributed by atoms with van der Waals surface area (Å²) in [5.41, 5.74) is 0.815. The monoisotopic (exact) mass is 251 g/mol. The van der Waals surface area contributed by atoms with E-state index in [2.05, 4.69) is 5.32 Å². The molecule has 5 nitrogen and oxygen atoms in total. The second-order valence-electron chi connectivity index (χ2n) is 4.17. The Balaban J connectivity index is 2.54. The smallest absolute Gasteiger partial charge is 0.321 e. The molecule has 0 bridgehead atoms. The molecule has 1 aromatic carbocycles. The standard InChI is InChI=1S/C13H17NO4/c1-9(15)6-7-14-12(13(17)18)8-10-2-4-11(16)5-3-10/h2-5,12,14,16H,6-8H2,1H3,(H,17,18). The van der Waals surface area contributed by atoms with Crippen LogP contribution in [0, 0.1) is 0 Å². The molecule has 0 aliphatic heterocycles. The number of benzene rings is 1. The van der Waals surface area contributed by atoms with Gasteiger partial charge in [0, 0.05) is 13.0 Å². The molecule has 0 radical (unpaired) electrons. The number of hydrogen-bond donors (Lipinski definition) is 3. The van der Waals surface area contributed by atoms with Crippen LogP contribution in [0.3, 0.4) is 0 Å². The normalized spacial score (nSPS) is 12.1. The minimum atomic E-state index is -0.952. The van der Waals surface area contributed by atoms with Crippen molar-refractivity contribution in [3.05, 3.63) is 29.8 Å². The number of carbonyl (C=O) groups is 2. The Labute approximate surface area is 105 Å². The van der Waals surface area contributed by atoms with E-state index in [9.17, 15) is 9.59 Å². The molecule has 0 aromatic heterocycles. The summed E-state index contributed by atoms with van der Waals surface area (Å²) >= 11 is 0. The fraction of sp³-hybridized carbons (Fsp3) is 0.385. The van der Waals surface area contributed by atoms with Gasteiger partial charge in [-0.25, -0.2) is 0 Å². The van der Waals surface area contributed by atoms with E-state index in [0.717, 1.165) is 5.56 Å². The second-order valence-corrected chi connectivity index (χ2v) is 4.17. The number of carboxylic acids is 1. The predicted octanol–water partition coefficient (Wildman–Crippen LogP) is 0.957. The molecule has 0 aliphatic carbocycles. The van der Waals surface area contributed by atoms with E-state index in [-0.39, 0.29) is 11.5 Å². The molecule has 0 heterocycles. The quantitative estimate of drug-likeness (QED) is 0.672. The maximum atomic E-state index is 11.0. The minimum Gasteiger partial charge on any atom is -0.508 e.